The standard InChI is InChI=1S/C23H32N4O.ClH/c1-17-15-22(19(3)27(17)18(2)20-7-5-4-6-8-20)23(28)26-12-9-21(16-26)25-13-10-24-11-14-25;/h4-8,15,18,21,24H,9-14,16H2,1-3H3;1H. The minimum absolute atomic E-state index is 0. The summed E-state index contributed by atoms with van der Waals surface area (Å²) in [6, 6.07) is 13.3. The third-order valence-corrected chi connectivity index (χ3v) is 6.50. The van der Waals surface area contributed by atoms with Gasteiger partial charge in [0.05, 0.1) is 11.6 Å². The number of hydrogen-bond donors (Lipinski definition) is 1. The zero-order chi connectivity index (χ0) is 19.7. The van der Waals surface area contributed by atoms with Crippen molar-refractivity contribution < 1.29 is 4.79 Å². The van der Waals surface area contributed by atoms with E-state index in [4.69, 9.17) is 0 Å². The van der Waals surface area contributed by atoms with Gasteiger partial charge in [0.2, 0.25) is 0 Å². The van der Waals surface area contributed by atoms with Gasteiger partial charge in [-0.3, -0.25) is 9.69 Å². The lowest BCUT2D eigenvalue weighted by molar-refractivity contribution is 0.0772. The van der Waals surface area contributed by atoms with Crippen LogP contribution in [0.4, 0.5) is 0 Å². The molecule has 3 heterocycles. The van der Waals surface area contributed by atoms with E-state index in [1.807, 2.05) is 6.07 Å². The number of nitrogens with zero attached hydrogens (tertiary/aromatic N) is 3. The Morgan fingerprint density at radius 2 is 1.79 bits per heavy atom. The highest BCUT2D eigenvalue weighted by molar-refractivity contribution is 5.96. The van der Waals surface area contributed by atoms with Crippen molar-refractivity contribution in [3.05, 3.63) is 58.9 Å². The van der Waals surface area contributed by atoms with Crippen LogP contribution in [-0.2, 0) is 0 Å². The van der Waals surface area contributed by atoms with Gasteiger partial charge in [-0.2, -0.15) is 0 Å². The Kier molecular flexibility index (Phi) is 7.04. The van der Waals surface area contributed by atoms with Crippen molar-refractivity contribution in [3.8, 4) is 0 Å². The van der Waals surface area contributed by atoms with Crippen molar-refractivity contribution in [3.63, 3.8) is 0 Å². The van der Waals surface area contributed by atoms with Gasteiger partial charge in [0.1, 0.15) is 0 Å². The van der Waals surface area contributed by atoms with Crippen molar-refractivity contribution in [2.24, 2.45) is 0 Å². The first-order valence-electron chi connectivity index (χ1n) is 10.5. The lowest BCUT2D eigenvalue weighted by atomic mass is 10.1. The first kappa shape index (κ1) is 21.9. The largest absolute Gasteiger partial charge is 0.341 e. The predicted molar refractivity (Wildman–Crippen MR) is 120 cm³/mol. The molecule has 5 nitrogen and oxygen atoms in total. The molecule has 0 bridgehead atoms. The maximum Gasteiger partial charge on any atom is 0.255 e. The summed E-state index contributed by atoms with van der Waals surface area (Å²) in [5, 5.41) is 3.41. The average molecular weight is 417 g/mol. The van der Waals surface area contributed by atoms with Crippen LogP contribution in [0.3, 0.4) is 0 Å². The van der Waals surface area contributed by atoms with Gasteiger partial charge in [0.25, 0.3) is 5.91 Å². The third kappa shape index (κ3) is 4.37. The summed E-state index contributed by atoms with van der Waals surface area (Å²) in [4.78, 5) is 17.9. The Morgan fingerprint density at radius 1 is 1.10 bits per heavy atom. The van der Waals surface area contributed by atoms with E-state index < -0.39 is 0 Å². The van der Waals surface area contributed by atoms with Gasteiger partial charge in [-0.1, -0.05) is 30.3 Å². The van der Waals surface area contributed by atoms with E-state index in [0.29, 0.717) is 6.04 Å². The second kappa shape index (κ2) is 9.33. The quantitative estimate of drug-likeness (QED) is 0.831. The Labute approximate surface area is 180 Å². The molecule has 2 atom stereocenters. The van der Waals surface area contributed by atoms with Crippen LogP contribution in [0.2, 0.25) is 0 Å². The highest BCUT2D eigenvalue weighted by Crippen LogP contribution is 2.27. The fourth-order valence-electron chi connectivity index (χ4n) is 4.91. The molecule has 6 heteroatoms. The fourth-order valence-corrected chi connectivity index (χ4v) is 4.91. The van der Waals surface area contributed by atoms with E-state index in [1.54, 1.807) is 0 Å². The Balaban J connectivity index is 0.00000240. The van der Waals surface area contributed by atoms with Crippen molar-refractivity contribution in [1.29, 1.82) is 0 Å². The van der Waals surface area contributed by atoms with Crippen LogP contribution in [0.25, 0.3) is 0 Å². The third-order valence-electron chi connectivity index (χ3n) is 6.50. The number of carbonyl (C=O) groups excluding carboxylic acids is 1. The maximum atomic E-state index is 13.3. The minimum Gasteiger partial charge on any atom is -0.341 e. The summed E-state index contributed by atoms with van der Waals surface area (Å²) in [7, 11) is 0. The number of likely N-dealkylation sites (tertiary alicyclic amines) is 1. The summed E-state index contributed by atoms with van der Waals surface area (Å²) in [6.07, 6.45) is 1.09. The molecule has 1 aromatic heterocycles. The smallest absolute Gasteiger partial charge is 0.255 e. The molecule has 1 amide bonds. The van der Waals surface area contributed by atoms with Crippen LogP contribution in [0.15, 0.2) is 36.4 Å². The number of rotatable bonds is 4. The van der Waals surface area contributed by atoms with Crippen LogP contribution in [0, 0.1) is 13.8 Å². The van der Waals surface area contributed by atoms with Gasteiger partial charge >= 0.3 is 0 Å². The molecule has 0 aliphatic carbocycles. The van der Waals surface area contributed by atoms with Gasteiger partial charge in [-0.15, -0.1) is 12.4 Å². The SMILES string of the molecule is Cc1cc(C(=O)N2CCC(N3CCNCC3)C2)c(C)n1C(C)c1ccccc1.Cl. The van der Waals surface area contributed by atoms with Crippen molar-refractivity contribution >= 4 is 18.3 Å². The summed E-state index contributed by atoms with van der Waals surface area (Å²) in [5.74, 6) is 0.192. The van der Waals surface area contributed by atoms with Gasteiger partial charge in [-0.25, -0.2) is 0 Å². The molecule has 2 unspecified atom stereocenters. The number of aromatic nitrogens is 1. The van der Waals surface area contributed by atoms with Gasteiger partial charge in [0, 0.05) is 56.7 Å². The Bertz CT molecular complexity index is 829. The van der Waals surface area contributed by atoms with Crippen LogP contribution >= 0.6 is 12.4 Å². The van der Waals surface area contributed by atoms with Crippen molar-refractivity contribution in [2.45, 2.75) is 39.3 Å². The number of hydrogen-bond acceptors (Lipinski definition) is 3. The summed E-state index contributed by atoms with van der Waals surface area (Å²) < 4.78 is 2.30. The number of nitrogens with one attached hydrogen (secondary N) is 1. The van der Waals surface area contributed by atoms with Gasteiger partial charge in [-0.05, 0) is 38.8 Å². The Hall–Kier alpha value is -1.82. The molecule has 158 valence electrons. The van der Waals surface area contributed by atoms with Crippen molar-refractivity contribution in [2.75, 3.05) is 39.3 Å². The molecule has 0 saturated carbocycles. The maximum absolute atomic E-state index is 13.3. The Morgan fingerprint density at radius 3 is 2.48 bits per heavy atom. The van der Waals surface area contributed by atoms with Crippen LogP contribution in [0.5, 0.6) is 0 Å². The van der Waals surface area contributed by atoms with Crippen LogP contribution < -0.4 is 5.32 Å². The molecule has 2 aromatic rings. The molecule has 0 spiro atoms. The average Bonchev–Trinajstić information content (AvgIpc) is 3.33. The predicted octanol–water partition coefficient (Wildman–Crippen LogP) is 3.26. The summed E-state index contributed by atoms with van der Waals surface area (Å²) in [6.45, 7) is 12.4. The monoisotopic (exact) mass is 416 g/mol. The fraction of sp³-hybridized carbons (Fsp3) is 0.522. The number of aryl methyl sites for hydroxylation is 1. The number of piperazine rings is 1. The number of benzene rings is 1. The van der Waals surface area contributed by atoms with E-state index >= 15 is 0 Å². The van der Waals surface area contributed by atoms with E-state index in [9.17, 15) is 4.79 Å². The number of halogens is 1. The van der Waals surface area contributed by atoms with E-state index in [0.717, 1.165) is 62.6 Å². The van der Waals surface area contributed by atoms with E-state index in [-0.39, 0.29) is 24.4 Å². The molecule has 2 saturated heterocycles. The molecule has 1 N–H and O–H groups in total. The topological polar surface area (TPSA) is 40.5 Å². The molecule has 0 radical (unpaired) electrons. The number of amides is 1. The van der Waals surface area contributed by atoms with Crippen molar-refractivity contribution in [1.82, 2.24) is 19.7 Å². The summed E-state index contributed by atoms with van der Waals surface area (Å²) in [5.41, 5.74) is 4.35. The molecule has 1 aromatic carbocycles. The molecule has 2 aliphatic rings. The molecule has 4 rings (SSSR count). The molecular weight excluding hydrogens is 384 g/mol. The zero-order valence-electron chi connectivity index (χ0n) is 17.7. The van der Waals surface area contributed by atoms with Crippen LogP contribution in [0.1, 0.15) is 46.7 Å². The minimum atomic E-state index is 0. The lowest BCUT2D eigenvalue weighted by Gasteiger charge is -2.32. The lowest BCUT2D eigenvalue weighted by Crippen LogP contribution is -2.49. The van der Waals surface area contributed by atoms with Gasteiger partial charge < -0.3 is 14.8 Å². The van der Waals surface area contributed by atoms with Crippen LogP contribution in [-0.4, -0.2) is 65.6 Å². The van der Waals surface area contributed by atoms with E-state index in [2.05, 4.69) is 70.8 Å². The molecule has 2 aliphatic heterocycles. The zero-order valence-corrected chi connectivity index (χ0v) is 18.5. The second-order valence-corrected chi connectivity index (χ2v) is 8.22. The molecule has 2 fully saturated rings. The molecule has 29 heavy (non-hydrogen) atoms. The number of carbonyl (C=O) groups is 1. The van der Waals surface area contributed by atoms with Gasteiger partial charge in [0.15, 0.2) is 0 Å². The highest BCUT2D eigenvalue weighted by Gasteiger charge is 2.32. The highest BCUT2D eigenvalue weighted by atomic mass is 35.5. The first-order valence-corrected chi connectivity index (χ1v) is 10.5. The normalized spacial score (nSPS) is 21.1. The second-order valence-electron chi connectivity index (χ2n) is 8.22. The molecular formula is C23H33ClN4O. The summed E-state index contributed by atoms with van der Waals surface area (Å²) >= 11 is 0. The van der Waals surface area contributed by atoms with E-state index in [1.165, 1.54) is 5.56 Å². The first-order chi connectivity index (χ1) is 13.6.